The molecule has 0 amide bonds. The van der Waals surface area contributed by atoms with Crippen molar-refractivity contribution in [3.8, 4) is 5.75 Å². The molecule has 1 N–H and O–H groups in total. The van der Waals surface area contributed by atoms with Crippen LogP contribution in [0, 0.1) is 0 Å². The van der Waals surface area contributed by atoms with E-state index in [4.69, 9.17) is 5.11 Å². The standard InChI is InChI=1S/C9H11F5O2S.2C2H6/c1-7(6-15)8-2-4-9(5-3-8)16-17(10,11,12,13)14;2*1-2/h2-5,7,15H,6H2,1H3;2*1-2H3. The molecule has 8 heteroatoms. The number of benzene rings is 1. The molecule has 0 saturated heterocycles. The van der Waals surface area contributed by atoms with Gasteiger partial charge in [0.2, 0.25) is 0 Å². The molecular weight excluding hydrogens is 315 g/mol. The van der Waals surface area contributed by atoms with Gasteiger partial charge in [-0.15, -0.1) is 0 Å². The van der Waals surface area contributed by atoms with E-state index in [1.165, 1.54) is 12.1 Å². The first-order chi connectivity index (χ1) is 9.40. The van der Waals surface area contributed by atoms with Crippen LogP contribution in [0.4, 0.5) is 19.4 Å². The summed E-state index contributed by atoms with van der Waals surface area (Å²) in [4.78, 5) is 0. The summed E-state index contributed by atoms with van der Waals surface area (Å²) in [6.45, 7) is 9.45. The quantitative estimate of drug-likeness (QED) is 0.641. The van der Waals surface area contributed by atoms with E-state index in [-0.39, 0.29) is 12.5 Å². The number of halogens is 5. The van der Waals surface area contributed by atoms with Crippen molar-refractivity contribution in [1.82, 2.24) is 0 Å². The van der Waals surface area contributed by atoms with Crippen molar-refractivity contribution in [2.45, 2.75) is 40.5 Å². The van der Waals surface area contributed by atoms with Crippen LogP contribution in [0.1, 0.15) is 46.1 Å². The van der Waals surface area contributed by atoms with E-state index in [0.717, 1.165) is 12.1 Å². The molecule has 21 heavy (non-hydrogen) atoms. The molecular formula is C13H23F5O2S. The molecule has 1 atom stereocenters. The van der Waals surface area contributed by atoms with Crippen molar-refractivity contribution >= 4 is 10.5 Å². The summed E-state index contributed by atoms with van der Waals surface area (Å²) in [5.41, 5.74) is 0.530. The molecule has 2 nitrogen and oxygen atoms in total. The fraction of sp³-hybridized carbons (Fsp3) is 0.538. The van der Waals surface area contributed by atoms with Crippen molar-refractivity contribution in [2.24, 2.45) is 0 Å². The molecule has 0 saturated carbocycles. The van der Waals surface area contributed by atoms with Gasteiger partial charge in [-0.2, -0.15) is 0 Å². The van der Waals surface area contributed by atoms with E-state index in [1.54, 1.807) is 6.92 Å². The molecule has 0 aliphatic carbocycles. The molecule has 0 aliphatic heterocycles. The summed E-state index contributed by atoms with van der Waals surface area (Å²) in [6.07, 6.45) is 0. The zero-order chi connectivity index (χ0) is 17.4. The Kier molecular flexibility index (Phi) is 7.75. The monoisotopic (exact) mass is 338 g/mol. The summed E-state index contributed by atoms with van der Waals surface area (Å²) >= 11 is 0. The van der Waals surface area contributed by atoms with E-state index in [1.807, 2.05) is 27.7 Å². The van der Waals surface area contributed by atoms with Crippen LogP contribution in [0.2, 0.25) is 0 Å². The third-order valence-electron chi connectivity index (χ3n) is 1.98. The average Bonchev–Trinajstić information content (AvgIpc) is 2.40. The minimum Gasteiger partial charge on any atom is -0.396 e. The number of rotatable bonds is 4. The normalized spacial score (nSPS) is 15.2. The van der Waals surface area contributed by atoms with Gasteiger partial charge >= 0.3 is 10.5 Å². The third-order valence-corrected chi connectivity index (χ3v) is 2.48. The minimum atomic E-state index is -9.90. The van der Waals surface area contributed by atoms with Gasteiger partial charge in [-0.3, -0.25) is 0 Å². The number of aliphatic hydroxyl groups is 1. The Bertz CT molecular complexity index is 402. The highest BCUT2D eigenvalue weighted by atomic mass is 32.5. The van der Waals surface area contributed by atoms with Gasteiger partial charge in [0, 0.05) is 12.5 Å². The van der Waals surface area contributed by atoms with Crippen molar-refractivity contribution in [3.05, 3.63) is 29.8 Å². The van der Waals surface area contributed by atoms with Crippen LogP contribution >= 0.6 is 10.5 Å². The maximum Gasteiger partial charge on any atom is 0.435 e. The summed E-state index contributed by atoms with van der Waals surface area (Å²) in [7, 11) is -9.90. The molecule has 0 heterocycles. The fourth-order valence-corrected chi connectivity index (χ4v) is 1.61. The van der Waals surface area contributed by atoms with Crippen molar-refractivity contribution in [2.75, 3.05) is 6.61 Å². The first kappa shape index (κ1) is 22.3. The van der Waals surface area contributed by atoms with E-state index in [9.17, 15) is 19.4 Å². The number of aliphatic hydroxyl groups excluding tert-OH is 1. The number of hydrogen-bond donors (Lipinski definition) is 1. The van der Waals surface area contributed by atoms with Gasteiger partial charge in [0.1, 0.15) is 5.75 Å². The Morgan fingerprint density at radius 1 is 0.952 bits per heavy atom. The van der Waals surface area contributed by atoms with Crippen molar-refractivity contribution < 1.29 is 28.7 Å². The second-order valence-electron chi connectivity index (χ2n) is 3.63. The van der Waals surface area contributed by atoms with Crippen LogP contribution in [0.25, 0.3) is 0 Å². The Balaban J connectivity index is 0. The van der Waals surface area contributed by atoms with Crippen LogP contribution in [0.3, 0.4) is 0 Å². The third kappa shape index (κ3) is 11.3. The molecule has 128 valence electrons. The lowest BCUT2D eigenvalue weighted by Gasteiger charge is -2.39. The highest BCUT2D eigenvalue weighted by Crippen LogP contribution is 2.97. The van der Waals surface area contributed by atoms with Gasteiger partial charge in [0.05, 0.1) is 0 Å². The lowest BCUT2D eigenvalue weighted by atomic mass is 10.0. The molecule has 1 rings (SSSR count). The Labute approximate surface area is 122 Å². The van der Waals surface area contributed by atoms with E-state index in [0.29, 0.717) is 5.56 Å². The van der Waals surface area contributed by atoms with Gasteiger partial charge in [0.15, 0.2) is 0 Å². The predicted octanol–water partition coefficient (Wildman–Crippen LogP) is 6.43. The molecule has 1 aromatic carbocycles. The van der Waals surface area contributed by atoms with Crippen LogP contribution in [0.15, 0.2) is 24.3 Å². The van der Waals surface area contributed by atoms with Gasteiger partial charge < -0.3 is 9.29 Å². The maximum absolute atomic E-state index is 12.0. The molecule has 1 unspecified atom stereocenters. The minimum absolute atomic E-state index is 0.193. The SMILES string of the molecule is CC.CC.CC(CO)c1ccc(OS(F)(F)(F)(F)F)cc1. The molecule has 0 aliphatic rings. The Morgan fingerprint density at radius 3 is 1.62 bits per heavy atom. The van der Waals surface area contributed by atoms with Crippen LogP contribution < -0.4 is 4.18 Å². The smallest absolute Gasteiger partial charge is 0.396 e. The Morgan fingerprint density at radius 2 is 1.33 bits per heavy atom. The molecule has 0 radical (unpaired) electrons. The first-order valence-corrected chi connectivity index (χ1v) is 8.43. The second-order valence-corrected chi connectivity index (χ2v) is 5.60. The highest BCUT2D eigenvalue weighted by molar-refractivity contribution is 8.42. The molecule has 0 aromatic heterocycles. The van der Waals surface area contributed by atoms with Crippen molar-refractivity contribution in [3.63, 3.8) is 0 Å². The topological polar surface area (TPSA) is 29.5 Å². The van der Waals surface area contributed by atoms with Crippen molar-refractivity contribution in [1.29, 1.82) is 0 Å². The van der Waals surface area contributed by atoms with E-state index < -0.39 is 16.3 Å². The molecule has 0 bridgehead atoms. The van der Waals surface area contributed by atoms with Crippen LogP contribution in [0.5, 0.6) is 5.75 Å². The van der Waals surface area contributed by atoms with Gasteiger partial charge in [-0.1, -0.05) is 66.2 Å². The van der Waals surface area contributed by atoms with E-state index in [2.05, 4.69) is 4.18 Å². The Hall–Kier alpha value is -1.02. The van der Waals surface area contributed by atoms with Crippen LogP contribution in [-0.4, -0.2) is 11.7 Å². The summed E-state index contributed by atoms with van der Waals surface area (Å²) in [5, 5.41) is 8.80. The first-order valence-electron chi connectivity index (χ1n) is 6.55. The lowest BCUT2D eigenvalue weighted by Crippen LogP contribution is -2.14. The zero-order valence-corrected chi connectivity index (χ0v) is 13.6. The zero-order valence-electron chi connectivity index (χ0n) is 12.7. The van der Waals surface area contributed by atoms with Gasteiger partial charge in [-0.05, 0) is 17.7 Å². The van der Waals surface area contributed by atoms with Gasteiger partial charge in [0.25, 0.3) is 0 Å². The largest absolute Gasteiger partial charge is 0.435 e. The predicted molar refractivity (Wildman–Crippen MR) is 78.4 cm³/mol. The summed E-state index contributed by atoms with van der Waals surface area (Å²) in [6, 6.07) is 3.97. The lowest BCUT2D eigenvalue weighted by molar-refractivity contribution is 0.243. The second kappa shape index (κ2) is 7.31. The summed E-state index contributed by atoms with van der Waals surface area (Å²) < 4.78 is 62.7. The average molecular weight is 338 g/mol. The van der Waals surface area contributed by atoms with Crippen LogP contribution in [-0.2, 0) is 0 Å². The highest BCUT2D eigenvalue weighted by Gasteiger charge is 2.67. The van der Waals surface area contributed by atoms with E-state index >= 15 is 0 Å². The molecule has 0 spiro atoms. The molecule has 0 fully saturated rings. The fourth-order valence-electron chi connectivity index (χ4n) is 1.14. The van der Waals surface area contributed by atoms with Gasteiger partial charge in [-0.25, -0.2) is 0 Å². The molecule has 1 aromatic rings. The number of hydrogen-bond acceptors (Lipinski definition) is 2. The maximum atomic E-state index is 12.0. The summed E-state index contributed by atoms with van der Waals surface area (Å²) in [5.74, 6) is -1.26.